The largest absolute Gasteiger partial charge is 0.299 e. The van der Waals surface area contributed by atoms with Crippen molar-refractivity contribution in [1.82, 2.24) is 0 Å². The second kappa shape index (κ2) is 9.50. The van der Waals surface area contributed by atoms with Crippen molar-refractivity contribution in [1.29, 1.82) is 0 Å². The minimum atomic E-state index is 0.215. The monoisotopic (exact) mass is 504 g/mol. The molecule has 4 aliphatic rings. The number of ketones is 1. The zero-order valence-corrected chi connectivity index (χ0v) is 23.2. The molecule has 0 saturated heterocycles. The lowest BCUT2D eigenvalue weighted by Crippen LogP contribution is -2.56. The second-order valence-corrected chi connectivity index (χ2v) is 14.5. The molecule has 0 amide bonds. The average Bonchev–Trinajstić information content (AvgIpc) is 3.07. The number of rotatable bonds is 7. The van der Waals surface area contributed by atoms with Gasteiger partial charge in [0.15, 0.2) is 0 Å². The lowest BCUT2D eigenvalue weighted by molar-refractivity contribution is -0.152. The Morgan fingerprint density at radius 3 is 2.34 bits per heavy atom. The van der Waals surface area contributed by atoms with Crippen molar-refractivity contribution < 1.29 is 4.79 Å². The molecule has 0 aromatic carbocycles. The molecule has 0 aliphatic heterocycles. The summed E-state index contributed by atoms with van der Waals surface area (Å²) in [5.74, 6) is 6.65. The minimum Gasteiger partial charge on any atom is -0.299 e. The molecule has 32 heavy (non-hydrogen) atoms. The number of hydrogen-bond donors (Lipinski definition) is 0. The third-order valence-electron chi connectivity index (χ3n) is 11.4. The molecule has 4 fully saturated rings. The van der Waals surface area contributed by atoms with Crippen LogP contribution in [0.2, 0.25) is 0 Å². The summed E-state index contributed by atoms with van der Waals surface area (Å²) in [5, 5.41) is 0. The molecule has 1 nitrogen and oxygen atoms in total. The van der Waals surface area contributed by atoms with Gasteiger partial charge in [0.05, 0.1) is 0 Å². The summed E-state index contributed by atoms with van der Waals surface area (Å²) in [6.07, 6.45) is 15.5. The van der Waals surface area contributed by atoms with Gasteiger partial charge in [0, 0.05) is 12.3 Å². The molecular formula is C30H49BrO. The van der Waals surface area contributed by atoms with Gasteiger partial charge in [0.25, 0.3) is 0 Å². The molecule has 0 aromatic heterocycles. The molecule has 4 aliphatic carbocycles. The first kappa shape index (κ1) is 25.0. The zero-order valence-electron chi connectivity index (χ0n) is 21.6. The number of allylic oxidation sites excluding steroid dienone is 1. The molecule has 0 heterocycles. The summed E-state index contributed by atoms with van der Waals surface area (Å²) >= 11 is 3.58. The van der Waals surface area contributed by atoms with Gasteiger partial charge in [-0.05, 0) is 108 Å². The second-order valence-electron chi connectivity index (χ2n) is 13.4. The van der Waals surface area contributed by atoms with Crippen LogP contribution in [0.15, 0.2) is 11.1 Å². The van der Waals surface area contributed by atoms with Gasteiger partial charge in [-0.25, -0.2) is 0 Å². The van der Waals surface area contributed by atoms with E-state index in [0.29, 0.717) is 22.5 Å². The van der Waals surface area contributed by atoms with Crippen molar-refractivity contribution in [3.8, 4) is 0 Å². The first-order valence-electron chi connectivity index (χ1n) is 13.9. The van der Waals surface area contributed by atoms with Gasteiger partial charge in [-0.1, -0.05) is 76.4 Å². The van der Waals surface area contributed by atoms with Crippen LogP contribution in [0.5, 0.6) is 0 Å². The number of hydrogen-bond acceptors (Lipinski definition) is 1. The van der Waals surface area contributed by atoms with Crippen LogP contribution in [0.1, 0.15) is 112 Å². The van der Waals surface area contributed by atoms with E-state index in [9.17, 15) is 4.79 Å². The van der Waals surface area contributed by atoms with Gasteiger partial charge in [-0.2, -0.15) is 0 Å². The fraction of sp³-hybridized carbons (Fsp3) is 0.900. The number of fused-ring (bicyclic) bond motifs is 5. The summed E-state index contributed by atoms with van der Waals surface area (Å²) in [6.45, 7) is 16.7. The van der Waals surface area contributed by atoms with Gasteiger partial charge in [-0.3, -0.25) is 4.79 Å². The van der Waals surface area contributed by atoms with Crippen molar-refractivity contribution in [3.05, 3.63) is 11.1 Å². The smallest absolute Gasteiger partial charge is 0.136 e. The fourth-order valence-corrected chi connectivity index (χ4v) is 10.2. The predicted octanol–water partition coefficient (Wildman–Crippen LogP) is 9.20. The van der Waals surface area contributed by atoms with Crippen LogP contribution in [0.4, 0.5) is 0 Å². The molecule has 0 aromatic rings. The van der Waals surface area contributed by atoms with Crippen molar-refractivity contribution in [3.63, 3.8) is 0 Å². The van der Waals surface area contributed by atoms with E-state index in [0.717, 1.165) is 59.3 Å². The van der Waals surface area contributed by atoms with Crippen LogP contribution in [-0.2, 0) is 4.79 Å². The van der Waals surface area contributed by atoms with Crippen LogP contribution in [-0.4, -0.2) is 5.78 Å². The van der Waals surface area contributed by atoms with E-state index in [-0.39, 0.29) is 5.92 Å². The molecular weight excluding hydrogens is 456 g/mol. The van der Waals surface area contributed by atoms with Crippen LogP contribution >= 0.6 is 15.9 Å². The maximum Gasteiger partial charge on any atom is 0.136 e. The molecule has 4 saturated carbocycles. The molecule has 0 unspecified atom stereocenters. The molecule has 0 bridgehead atoms. The summed E-state index contributed by atoms with van der Waals surface area (Å²) in [6, 6.07) is 0. The Morgan fingerprint density at radius 1 is 0.969 bits per heavy atom. The van der Waals surface area contributed by atoms with E-state index in [1.165, 1.54) is 57.8 Å². The average molecular weight is 506 g/mol. The molecule has 4 rings (SSSR count). The van der Waals surface area contributed by atoms with Gasteiger partial charge in [-0.15, -0.1) is 0 Å². The summed E-state index contributed by atoms with van der Waals surface area (Å²) < 4.78 is 1.02. The molecule has 0 N–H and O–H groups in total. The van der Waals surface area contributed by atoms with Gasteiger partial charge >= 0.3 is 0 Å². The van der Waals surface area contributed by atoms with Gasteiger partial charge < -0.3 is 0 Å². The lowest BCUT2D eigenvalue weighted by atomic mass is 9.43. The van der Waals surface area contributed by atoms with Crippen molar-refractivity contribution in [2.24, 2.45) is 58.2 Å². The quantitative estimate of drug-likeness (QED) is 0.337. The Morgan fingerprint density at radius 2 is 1.66 bits per heavy atom. The molecule has 0 radical (unpaired) electrons. The van der Waals surface area contributed by atoms with Crippen molar-refractivity contribution in [2.75, 3.05) is 0 Å². The number of halogens is 1. The van der Waals surface area contributed by atoms with Crippen LogP contribution in [0, 0.1) is 58.2 Å². The Labute approximate surface area is 207 Å². The number of carbonyl (C=O) groups is 1. The van der Waals surface area contributed by atoms with E-state index < -0.39 is 0 Å². The first-order chi connectivity index (χ1) is 15.1. The van der Waals surface area contributed by atoms with Crippen molar-refractivity contribution in [2.45, 2.75) is 112 Å². The van der Waals surface area contributed by atoms with E-state index >= 15 is 0 Å². The highest BCUT2D eigenvalue weighted by atomic mass is 79.9. The first-order valence-corrected chi connectivity index (χ1v) is 14.7. The predicted molar refractivity (Wildman–Crippen MR) is 140 cm³/mol. The van der Waals surface area contributed by atoms with Gasteiger partial charge in [0.2, 0.25) is 0 Å². The SMILES string of the molecule is C=C(Br)C[C@@H]1C(=O)CC[C@]2(C)[C@H]3CC[C@]4(C)[C@@H]([C@H](C)CCCC(C)C)CC[C@H]4[C@@H]3CC[C@@H]12. The summed E-state index contributed by atoms with van der Waals surface area (Å²) in [7, 11) is 0. The van der Waals surface area contributed by atoms with E-state index in [4.69, 9.17) is 0 Å². The third-order valence-corrected chi connectivity index (χ3v) is 11.7. The maximum atomic E-state index is 12.9. The fourth-order valence-electron chi connectivity index (χ4n) is 9.84. The van der Waals surface area contributed by atoms with Crippen LogP contribution < -0.4 is 0 Å². The Balaban J connectivity index is 1.50. The van der Waals surface area contributed by atoms with E-state index in [1.807, 2.05) is 0 Å². The topological polar surface area (TPSA) is 17.1 Å². The maximum absolute atomic E-state index is 12.9. The van der Waals surface area contributed by atoms with E-state index in [1.54, 1.807) is 0 Å². The molecule has 182 valence electrons. The number of carbonyl (C=O) groups excluding carboxylic acids is 1. The molecule has 2 heteroatoms. The summed E-state index contributed by atoms with van der Waals surface area (Å²) in [5.41, 5.74) is 0.932. The van der Waals surface area contributed by atoms with Crippen LogP contribution in [0.3, 0.4) is 0 Å². The minimum absolute atomic E-state index is 0.215. The highest BCUT2D eigenvalue weighted by molar-refractivity contribution is 9.11. The Bertz CT molecular complexity index is 712. The molecule has 9 atom stereocenters. The van der Waals surface area contributed by atoms with Gasteiger partial charge in [0.1, 0.15) is 5.78 Å². The van der Waals surface area contributed by atoms with Crippen molar-refractivity contribution >= 4 is 21.7 Å². The Kier molecular flexibility index (Phi) is 7.42. The number of Topliss-reactive ketones (excluding diaryl/α,β-unsaturated/α-hetero) is 1. The highest BCUT2D eigenvalue weighted by Gasteiger charge is 2.61. The lowest BCUT2D eigenvalue weighted by Gasteiger charge is -2.62. The zero-order chi connectivity index (χ0) is 23.3. The highest BCUT2D eigenvalue weighted by Crippen LogP contribution is 2.69. The Hall–Kier alpha value is -0.110. The molecule has 0 spiro atoms. The van der Waals surface area contributed by atoms with E-state index in [2.05, 4.69) is 57.1 Å². The van der Waals surface area contributed by atoms with Crippen LogP contribution in [0.25, 0.3) is 0 Å². The normalized spacial score (nSPS) is 44.7. The third kappa shape index (κ3) is 4.33. The standard InChI is InChI=1S/C30H49BrO/c1-19(2)8-7-9-20(3)24-12-13-25-22-10-11-26-23(18-21(4)31)28(32)15-17-30(26,6)27(22)14-16-29(24,25)5/h19-20,22-27H,4,7-18H2,1-3,5-6H3/t20-,22+,23+,24-,25+,26+,27+,29-,30+/m1/s1. The summed E-state index contributed by atoms with van der Waals surface area (Å²) in [4.78, 5) is 12.9.